The van der Waals surface area contributed by atoms with Crippen molar-refractivity contribution in [3.8, 4) is 5.75 Å². The van der Waals surface area contributed by atoms with E-state index in [0.29, 0.717) is 11.7 Å². The number of phenols is 1. The zero-order chi connectivity index (χ0) is 29.1. The highest BCUT2D eigenvalue weighted by Crippen LogP contribution is 2.44. The molecule has 2 nitrogen and oxygen atoms in total. The molecule has 0 spiro atoms. The molecule has 2 rings (SSSR count). The number of ketones is 1. The molecule has 0 heterocycles. The Balaban J connectivity index is 2.75. The molecule has 39 heavy (non-hydrogen) atoms. The first-order valence-electron chi connectivity index (χ1n) is 15.9. The van der Waals surface area contributed by atoms with Crippen molar-refractivity contribution in [2.24, 2.45) is 0 Å². The zero-order valence-electron chi connectivity index (χ0n) is 26.5. The van der Waals surface area contributed by atoms with Crippen LogP contribution in [0.3, 0.4) is 0 Å². The molecule has 2 aromatic rings. The van der Waals surface area contributed by atoms with Gasteiger partial charge in [-0.05, 0) is 95.7 Å². The van der Waals surface area contributed by atoms with E-state index in [9.17, 15) is 9.90 Å². The van der Waals surface area contributed by atoms with E-state index in [-0.39, 0.29) is 23.5 Å². The number of phenolic OH excluding ortho intramolecular Hbond substituents is 1. The molecule has 4 atom stereocenters. The van der Waals surface area contributed by atoms with Crippen molar-refractivity contribution in [2.45, 2.75) is 144 Å². The standard InChI is InChI=1S/C37H56O2/c1-10-15-25(6)31-21-19-29(14-5)23-30(31)20-22-34(38)33-24-32(26(7)16-11-2)37(39)36(28(9)18-13-4)35(33)27(8)17-12-3/h19-28,39H,10-18H2,1-9H3/b22-20+. The van der Waals surface area contributed by atoms with Gasteiger partial charge in [0, 0.05) is 11.1 Å². The van der Waals surface area contributed by atoms with Gasteiger partial charge in [-0.25, -0.2) is 0 Å². The van der Waals surface area contributed by atoms with Gasteiger partial charge in [0.2, 0.25) is 0 Å². The number of benzene rings is 2. The van der Waals surface area contributed by atoms with Gasteiger partial charge in [0.15, 0.2) is 5.78 Å². The fourth-order valence-electron chi connectivity index (χ4n) is 6.36. The average molecular weight is 533 g/mol. The van der Waals surface area contributed by atoms with Gasteiger partial charge in [0.1, 0.15) is 5.75 Å². The fraction of sp³-hybridized carbons (Fsp3) is 0.595. The summed E-state index contributed by atoms with van der Waals surface area (Å²) in [6, 6.07) is 8.78. The van der Waals surface area contributed by atoms with Gasteiger partial charge in [-0.3, -0.25) is 4.79 Å². The Morgan fingerprint density at radius 2 is 1.23 bits per heavy atom. The van der Waals surface area contributed by atoms with E-state index in [2.05, 4.69) is 86.6 Å². The number of hydrogen-bond acceptors (Lipinski definition) is 2. The molecular formula is C37H56O2. The fourth-order valence-corrected chi connectivity index (χ4v) is 6.36. The third kappa shape index (κ3) is 8.32. The first kappa shape index (κ1) is 32.9. The van der Waals surface area contributed by atoms with Crippen LogP contribution in [0.1, 0.15) is 181 Å². The minimum Gasteiger partial charge on any atom is -0.507 e. The Labute approximate surface area is 240 Å². The average Bonchev–Trinajstić information content (AvgIpc) is 2.91. The third-order valence-electron chi connectivity index (χ3n) is 8.58. The molecule has 0 aliphatic rings. The lowest BCUT2D eigenvalue weighted by atomic mass is 9.77. The lowest BCUT2D eigenvalue weighted by Crippen LogP contribution is -2.13. The van der Waals surface area contributed by atoms with Crippen LogP contribution in [0.2, 0.25) is 0 Å². The van der Waals surface area contributed by atoms with E-state index >= 15 is 0 Å². The van der Waals surface area contributed by atoms with Crippen molar-refractivity contribution in [3.05, 3.63) is 69.3 Å². The van der Waals surface area contributed by atoms with Crippen LogP contribution >= 0.6 is 0 Å². The normalized spacial score (nSPS) is 14.9. The van der Waals surface area contributed by atoms with Gasteiger partial charge in [-0.15, -0.1) is 0 Å². The molecule has 0 aliphatic carbocycles. The van der Waals surface area contributed by atoms with E-state index < -0.39 is 0 Å². The highest BCUT2D eigenvalue weighted by molar-refractivity contribution is 6.08. The number of carbonyl (C=O) groups excluding carboxylic acids is 1. The number of carbonyl (C=O) groups is 1. The van der Waals surface area contributed by atoms with Crippen LogP contribution in [-0.4, -0.2) is 10.9 Å². The predicted molar refractivity (Wildman–Crippen MR) is 171 cm³/mol. The molecule has 1 N–H and O–H groups in total. The van der Waals surface area contributed by atoms with E-state index in [1.165, 1.54) is 11.1 Å². The predicted octanol–water partition coefficient (Wildman–Crippen LogP) is 11.5. The van der Waals surface area contributed by atoms with Crippen molar-refractivity contribution in [1.29, 1.82) is 0 Å². The molecule has 2 aromatic carbocycles. The van der Waals surface area contributed by atoms with Crippen molar-refractivity contribution in [3.63, 3.8) is 0 Å². The summed E-state index contributed by atoms with van der Waals surface area (Å²) in [5.74, 6) is 1.56. The Kier molecular flexibility index (Phi) is 13.5. The highest BCUT2D eigenvalue weighted by Gasteiger charge is 2.28. The van der Waals surface area contributed by atoms with Gasteiger partial charge in [-0.1, -0.05) is 112 Å². The lowest BCUT2D eigenvalue weighted by Gasteiger charge is -2.27. The summed E-state index contributed by atoms with van der Waals surface area (Å²) < 4.78 is 0. The second kappa shape index (κ2) is 16.0. The van der Waals surface area contributed by atoms with Crippen LogP contribution in [0.4, 0.5) is 0 Å². The van der Waals surface area contributed by atoms with Crippen LogP contribution in [0.5, 0.6) is 5.75 Å². The van der Waals surface area contributed by atoms with E-state index in [1.807, 2.05) is 6.07 Å². The molecular weight excluding hydrogens is 476 g/mol. The lowest BCUT2D eigenvalue weighted by molar-refractivity contribution is 0.104. The monoisotopic (exact) mass is 532 g/mol. The molecule has 2 heteroatoms. The second-order valence-corrected chi connectivity index (χ2v) is 12.0. The van der Waals surface area contributed by atoms with Crippen molar-refractivity contribution >= 4 is 11.9 Å². The molecule has 4 unspecified atom stereocenters. The Morgan fingerprint density at radius 3 is 1.77 bits per heavy atom. The first-order valence-corrected chi connectivity index (χ1v) is 15.9. The number of allylic oxidation sites excluding steroid dienone is 1. The Morgan fingerprint density at radius 1 is 0.718 bits per heavy atom. The SMILES string of the molecule is CCCC(C)c1ccc(CC)cc1/C=C/C(=O)c1cc(C(C)CCC)c(O)c(C(C)CCC)c1C(C)CCC. The van der Waals surface area contributed by atoms with Crippen LogP contribution in [0, 0.1) is 0 Å². The topological polar surface area (TPSA) is 37.3 Å². The van der Waals surface area contributed by atoms with E-state index in [1.54, 1.807) is 6.08 Å². The smallest absolute Gasteiger partial charge is 0.186 e. The molecule has 0 fully saturated rings. The second-order valence-electron chi connectivity index (χ2n) is 12.0. The van der Waals surface area contributed by atoms with Crippen LogP contribution in [0.25, 0.3) is 6.08 Å². The summed E-state index contributed by atoms with van der Waals surface area (Å²) in [7, 11) is 0. The summed E-state index contributed by atoms with van der Waals surface area (Å²) in [5.41, 5.74) is 7.57. The van der Waals surface area contributed by atoms with Crippen molar-refractivity contribution in [2.75, 3.05) is 0 Å². The summed E-state index contributed by atoms with van der Waals surface area (Å²) in [6.07, 6.45) is 13.2. The van der Waals surface area contributed by atoms with Crippen molar-refractivity contribution < 1.29 is 9.90 Å². The summed E-state index contributed by atoms with van der Waals surface area (Å²) in [5, 5.41) is 11.7. The number of rotatable bonds is 16. The molecule has 0 amide bonds. The van der Waals surface area contributed by atoms with Gasteiger partial charge in [-0.2, -0.15) is 0 Å². The largest absolute Gasteiger partial charge is 0.507 e. The highest BCUT2D eigenvalue weighted by atomic mass is 16.3. The van der Waals surface area contributed by atoms with Gasteiger partial charge in [0.25, 0.3) is 0 Å². The minimum atomic E-state index is 0.0545. The number of aromatic hydroxyl groups is 1. The van der Waals surface area contributed by atoms with Gasteiger partial charge < -0.3 is 5.11 Å². The van der Waals surface area contributed by atoms with E-state index in [0.717, 1.165) is 85.6 Å². The maximum absolute atomic E-state index is 14.1. The third-order valence-corrected chi connectivity index (χ3v) is 8.58. The minimum absolute atomic E-state index is 0.0545. The van der Waals surface area contributed by atoms with Gasteiger partial charge in [0.05, 0.1) is 0 Å². The van der Waals surface area contributed by atoms with Crippen molar-refractivity contribution in [1.82, 2.24) is 0 Å². The molecule has 0 saturated carbocycles. The quantitative estimate of drug-likeness (QED) is 0.172. The Hall–Kier alpha value is -2.35. The molecule has 0 aliphatic heterocycles. The summed E-state index contributed by atoms with van der Waals surface area (Å²) >= 11 is 0. The summed E-state index contributed by atoms with van der Waals surface area (Å²) in [4.78, 5) is 14.1. The van der Waals surface area contributed by atoms with Gasteiger partial charge >= 0.3 is 0 Å². The zero-order valence-corrected chi connectivity index (χ0v) is 26.5. The number of hydrogen-bond donors (Lipinski definition) is 1. The maximum Gasteiger partial charge on any atom is 0.186 e. The molecule has 0 aromatic heterocycles. The van der Waals surface area contributed by atoms with Crippen LogP contribution in [-0.2, 0) is 6.42 Å². The van der Waals surface area contributed by atoms with Crippen LogP contribution in [0.15, 0.2) is 30.3 Å². The maximum atomic E-state index is 14.1. The van der Waals surface area contributed by atoms with E-state index in [4.69, 9.17) is 0 Å². The molecule has 216 valence electrons. The molecule has 0 bridgehead atoms. The molecule has 0 saturated heterocycles. The number of aryl methyl sites for hydroxylation is 1. The van der Waals surface area contributed by atoms with Crippen LogP contribution < -0.4 is 0 Å². The summed E-state index contributed by atoms with van der Waals surface area (Å²) in [6.45, 7) is 19.9. The Bertz CT molecular complexity index is 1090. The molecule has 0 radical (unpaired) electrons. The first-order chi connectivity index (χ1) is 18.6.